The van der Waals surface area contributed by atoms with Crippen LogP contribution in [-0.2, 0) is 17.9 Å². The van der Waals surface area contributed by atoms with Gasteiger partial charge in [0.1, 0.15) is 0 Å². The zero-order chi connectivity index (χ0) is 20.8. The van der Waals surface area contributed by atoms with Crippen molar-refractivity contribution in [1.29, 1.82) is 0 Å². The second-order valence-electron chi connectivity index (χ2n) is 7.63. The van der Waals surface area contributed by atoms with Gasteiger partial charge in [0.2, 0.25) is 5.91 Å². The van der Waals surface area contributed by atoms with Crippen LogP contribution in [0.25, 0.3) is 0 Å². The summed E-state index contributed by atoms with van der Waals surface area (Å²) in [5.74, 6) is 0.0916. The minimum absolute atomic E-state index is 0.0260. The molecule has 0 aliphatic carbocycles. The van der Waals surface area contributed by atoms with E-state index in [-0.39, 0.29) is 24.0 Å². The van der Waals surface area contributed by atoms with Gasteiger partial charge < -0.3 is 15.5 Å². The number of benzene rings is 1. The van der Waals surface area contributed by atoms with Crippen molar-refractivity contribution in [3.8, 4) is 0 Å². The maximum Gasteiger partial charge on any atom is 0.315 e. The van der Waals surface area contributed by atoms with Gasteiger partial charge in [0.05, 0.1) is 6.04 Å². The van der Waals surface area contributed by atoms with Crippen LogP contribution in [0, 0.1) is 6.92 Å². The fraction of sp³-hybridized carbons (Fsp3) is 0.409. The molecule has 3 rings (SSSR count). The van der Waals surface area contributed by atoms with Gasteiger partial charge in [-0.05, 0) is 31.0 Å². The van der Waals surface area contributed by atoms with E-state index in [1.54, 1.807) is 11.1 Å². The summed E-state index contributed by atoms with van der Waals surface area (Å²) in [6.07, 6.45) is 3.55. The van der Waals surface area contributed by atoms with E-state index >= 15 is 0 Å². The van der Waals surface area contributed by atoms with Gasteiger partial charge in [-0.1, -0.05) is 35.9 Å². The molecule has 0 bridgehead atoms. The van der Waals surface area contributed by atoms with E-state index in [1.165, 1.54) is 5.56 Å². The van der Waals surface area contributed by atoms with E-state index < -0.39 is 0 Å². The normalized spacial score (nSPS) is 19.8. The van der Waals surface area contributed by atoms with Crippen LogP contribution in [-0.4, -0.2) is 58.9 Å². The number of nitrogens with one attached hydrogen (secondary N) is 2. The molecule has 29 heavy (non-hydrogen) atoms. The van der Waals surface area contributed by atoms with Crippen molar-refractivity contribution in [2.75, 3.05) is 20.1 Å². The van der Waals surface area contributed by atoms with Gasteiger partial charge >= 0.3 is 6.03 Å². The van der Waals surface area contributed by atoms with Gasteiger partial charge in [0.25, 0.3) is 0 Å². The number of carbonyl (C=O) groups excluding carboxylic acids is 2. The molecular formula is C22H29N5O2. The second-order valence-corrected chi connectivity index (χ2v) is 7.63. The van der Waals surface area contributed by atoms with Gasteiger partial charge in [-0.3, -0.25) is 14.7 Å². The lowest BCUT2D eigenvalue weighted by molar-refractivity contribution is -0.142. The number of likely N-dealkylation sites (N-methyl/N-ethyl adjacent to an activating group) is 1. The van der Waals surface area contributed by atoms with Gasteiger partial charge in [-0.2, -0.15) is 0 Å². The number of aryl methyl sites for hydroxylation is 1. The lowest BCUT2D eigenvalue weighted by Crippen LogP contribution is -2.62. The number of carbonyl (C=O) groups is 2. The van der Waals surface area contributed by atoms with Crippen molar-refractivity contribution < 1.29 is 9.59 Å². The van der Waals surface area contributed by atoms with Crippen LogP contribution >= 0.6 is 0 Å². The Labute approximate surface area is 172 Å². The van der Waals surface area contributed by atoms with Crippen molar-refractivity contribution in [3.63, 3.8) is 0 Å². The molecule has 2 heterocycles. The van der Waals surface area contributed by atoms with E-state index in [4.69, 9.17) is 0 Å². The number of hydrogen-bond acceptors (Lipinski definition) is 4. The van der Waals surface area contributed by atoms with Crippen LogP contribution in [0.5, 0.6) is 0 Å². The molecule has 1 aliphatic heterocycles. The molecule has 7 heteroatoms. The number of nitrogens with zero attached hydrogens (tertiary/aromatic N) is 3. The lowest BCUT2D eigenvalue weighted by atomic mass is 10.0. The van der Waals surface area contributed by atoms with Crippen LogP contribution in [0.15, 0.2) is 48.8 Å². The first kappa shape index (κ1) is 20.8. The van der Waals surface area contributed by atoms with Crippen molar-refractivity contribution in [2.24, 2.45) is 0 Å². The summed E-state index contributed by atoms with van der Waals surface area (Å²) >= 11 is 0. The Morgan fingerprint density at radius 1 is 1.17 bits per heavy atom. The van der Waals surface area contributed by atoms with Crippen molar-refractivity contribution in [3.05, 3.63) is 65.5 Å². The molecule has 1 aromatic heterocycles. The van der Waals surface area contributed by atoms with Crippen LogP contribution in [0.1, 0.15) is 23.6 Å². The average molecular weight is 396 g/mol. The molecule has 0 spiro atoms. The molecule has 1 aliphatic rings. The average Bonchev–Trinajstić information content (AvgIpc) is 2.73. The highest BCUT2D eigenvalue weighted by atomic mass is 16.2. The molecule has 1 fully saturated rings. The van der Waals surface area contributed by atoms with Crippen LogP contribution in [0.2, 0.25) is 0 Å². The number of piperazine rings is 1. The molecule has 2 aromatic rings. The number of urea groups is 1. The molecular weight excluding hydrogens is 366 g/mol. The lowest BCUT2D eigenvalue weighted by Gasteiger charge is -2.43. The topological polar surface area (TPSA) is 77.6 Å². The summed E-state index contributed by atoms with van der Waals surface area (Å²) in [6, 6.07) is 11.5. The SMILES string of the molecule is Cc1ccc(CNC(=O)NC[C@@H]2CN(C)C(=O)[C@H](C)N2Cc2cccnc2)cc1. The Morgan fingerprint density at radius 2 is 1.93 bits per heavy atom. The number of pyridine rings is 1. The minimum atomic E-state index is -0.253. The molecule has 3 amide bonds. The molecule has 0 saturated carbocycles. The summed E-state index contributed by atoms with van der Waals surface area (Å²) in [5, 5.41) is 5.86. The highest BCUT2D eigenvalue weighted by Gasteiger charge is 2.36. The maximum atomic E-state index is 12.5. The fourth-order valence-corrected chi connectivity index (χ4v) is 3.60. The zero-order valence-electron chi connectivity index (χ0n) is 17.3. The maximum absolute atomic E-state index is 12.5. The van der Waals surface area contributed by atoms with E-state index in [1.807, 2.05) is 63.5 Å². The van der Waals surface area contributed by atoms with Gasteiger partial charge in [0.15, 0.2) is 0 Å². The Hall–Kier alpha value is -2.93. The number of hydrogen-bond donors (Lipinski definition) is 2. The quantitative estimate of drug-likeness (QED) is 0.783. The monoisotopic (exact) mass is 395 g/mol. The molecule has 0 radical (unpaired) electrons. The Morgan fingerprint density at radius 3 is 2.62 bits per heavy atom. The third kappa shape index (κ3) is 5.54. The molecule has 1 aromatic carbocycles. The van der Waals surface area contributed by atoms with Crippen molar-refractivity contribution in [2.45, 2.75) is 39.0 Å². The van der Waals surface area contributed by atoms with E-state index in [2.05, 4.69) is 20.5 Å². The van der Waals surface area contributed by atoms with Crippen molar-refractivity contribution in [1.82, 2.24) is 25.4 Å². The Balaban J connectivity index is 1.57. The van der Waals surface area contributed by atoms with Crippen LogP contribution in [0.4, 0.5) is 4.79 Å². The predicted molar refractivity (Wildman–Crippen MR) is 112 cm³/mol. The standard InChI is InChI=1S/C22H29N5O2/c1-16-6-8-18(9-7-16)12-24-22(29)25-13-20-15-26(3)21(28)17(2)27(20)14-19-5-4-10-23-11-19/h4-11,17,20H,12-15H2,1-3H3,(H2,24,25,29)/t17-,20+/m0/s1. The summed E-state index contributed by atoms with van der Waals surface area (Å²) in [5.41, 5.74) is 3.29. The highest BCUT2D eigenvalue weighted by molar-refractivity contribution is 5.82. The van der Waals surface area contributed by atoms with Crippen LogP contribution < -0.4 is 10.6 Å². The first-order valence-corrected chi connectivity index (χ1v) is 9.91. The highest BCUT2D eigenvalue weighted by Crippen LogP contribution is 2.19. The molecule has 0 unspecified atom stereocenters. The Bertz CT molecular complexity index is 825. The van der Waals surface area contributed by atoms with E-state index in [0.717, 1.165) is 11.1 Å². The van der Waals surface area contributed by atoms with E-state index in [0.29, 0.717) is 26.2 Å². The molecule has 7 nitrogen and oxygen atoms in total. The first-order chi connectivity index (χ1) is 13.9. The van der Waals surface area contributed by atoms with Gasteiger partial charge in [-0.25, -0.2) is 4.79 Å². The van der Waals surface area contributed by atoms with E-state index in [9.17, 15) is 9.59 Å². The second kappa shape index (κ2) is 9.52. The minimum Gasteiger partial charge on any atom is -0.343 e. The largest absolute Gasteiger partial charge is 0.343 e. The number of aromatic nitrogens is 1. The number of amides is 3. The fourth-order valence-electron chi connectivity index (χ4n) is 3.60. The van der Waals surface area contributed by atoms with Gasteiger partial charge in [0, 0.05) is 51.7 Å². The first-order valence-electron chi connectivity index (χ1n) is 9.91. The summed E-state index contributed by atoms with van der Waals surface area (Å²) in [7, 11) is 1.81. The Kier molecular flexibility index (Phi) is 6.82. The summed E-state index contributed by atoms with van der Waals surface area (Å²) in [6.45, 7) is 6.08. The molecule has 2 atom stereocenters. The predicted octanol–water partition coefficient (Wildman–Crippen LogP) is 1.92. The van der Waals surface area contributed by atoms with Gasteiger partial charge in [-0.15, -0.1) is 0 Å². The molecule has 1 saturated heterocycles. The number of rotatable bonds is 6. The summed E-state index contributed by atoms with van der Waals surface area (Å²) in [4.78, 5) is 32.8. The smallest absolute Gasteiger partial charge is 0.315 e. The third-order valence-corrected chi connectivity index (χ3v) is 5.34. The third-order valence-electron chi connectivity index (χ3n) is 5.34. The van der Waals surface area contributed by atoms with Crippen LogP contribution in [0.3, 0.4) is 0 Å². The summed E-state index contributed by atoms with van der Waals surface area (Å²) < 4.78 is 0. The zero-order valence-corrected chi connectivity index (χ0v) is 17.3. The molecule has 154 valence electrons. The molecule has 2 N–H and O–H groups in total. The van der Waals surface area contributed by atoms with Crippen molar-refractivity contribution >= 4 is 11.9 Å².